The summed E-state index contributed by atoms with van der Waals surface area (Å²) in [6.07, 6.45) is 1.01. The molecule has 2 N–H and O–H groups in total. The summed E-state index contributed by atoms with van der Waals surface area (Å²) < 4.78 is 0. The van der Waals surface area contributed by atoms with Crippen LogP contribution in [0.15, 0.2) is 48.5 Å². The lowest BCUT2D eigenvalue weighted by molar-refractivity contribution is 0.450. The van der Waals surface area contributed by atoms with Crippen molar-refractivity contribution in [2.24, 2.45) is 0 Å². The van der Waals surface area contributed by atoms with Gasteiger partial charge in [-0.05, 0) is 42.2 Å². The van der Waals surface area contributed by atoms with Gasteiger partial charge >= 0.3 is 0 Å². The lowest BCUT2D eigenvalue weighted by Gasteiger charge is -2.32. The minimum Gasteiger partial charge on any atom is -0.508 e. The summed E-state index contributed by atoms with van der Waals surface area (Å²) in [6.45, 7) is 2.20. The number of hydrogen-bond donors (Lipinski definition) is 2. The minimum absolute atomic E-state index is 0.178. The van der Waals surface area contributed by atoms with Crippen LogP contribution in [0.2, 0.25) is 0 Å². The fraction of sp³-hybridized carbons (Fsp3) is 0.250. The topological polar surface area (TPSA) is 32.3 Å². The van der Waals surface area contributed by atoms with Crippen molar-refractivity contribution in [2.75, 3.05) is 0 Å². The highest BCUT2D eigenvalue weighted by Crippen LogP contribution is 2.32. The quantitative estimate of drug-likeness (QED) is 0.801. The molecular weight excluding hydrogens is 222 g/mol. The number of hydrogen-bond acceptors (Lipinski definition) is 2. The highest BCUT2D eigenvalue weighted by atomic mass is 16.3. The van der Waals surface area contributed by atoms with E-state index in [4.69, 9.17) is 0 Å². The summed E-state index contributed by atoms with van der Waals surface area (Å²) in [5.74, 6) is 0.339. The monoisotopic (exact) mass is 239 g/mol. The lowest BCUT2D eigenvalue weighted by atomic mass is 9.87. The van der Waals surface area contributed by atoms with Crippen LogP contribution in [-0.4, -0.2) is 11.1 Å². The predicted molar refractivity (Wildman–Crippen MR) is 72.7 cm³/mol. The third kappa shape index (κ3) is 2.00. The number of rotatable bonds is 1. The van der Waals surface area contributed by atoms with Gasteiger partial charge in [0.05, 0.1) is 6.04 Å². The Bertz CT molecular complexity index is 550. The van der Waals surface area contributed by atoms with E-state index in [1.54, 1.807) is 6.07 Å². The maximum atomic E-state index is 9.69. The first kappa shape index (κ1) is 11.3. The van der Waals surface area contributed by atoms with Crippen molar-refractivity contribution in [3.05, 3.63) is 65.2 Å². The van der Waals surface area contributed by atoms with Gasteiger partial charge in [0.2, 0.25) is 0 Å². The van der Waals surface area contributed by atoms with Gasteiger partial charge in [-0.2, -0.15) is 0 Å². The number of aromatic hydroxyl groups is 1. The average Bonchev–Trinajstić information content (AvgIpc) is 2.39. The maximum Gasteiger partial charge on any atom is 0.115 e. The molecule has 0 saturated heterocycles. The smallest absolute Gasteiger partial charge is 0.115 e. The SMILES string of the molecule is CC1Cc2ccc(O)cc2C(c2ccccc2)N1. The summed E-state index contributed by atoms with van der Waals surface area (Å²) in [7, 11) is 0. The van der Waals surface area contributed by atoms with Gasteiger partial charge in [0, 0.05) is 6.04 Å². The molecular formula is C16H17NO. The second-order valence-electron chi connectivity index (χ2n) is 5.00. The summed E-state index contributed by atoms with van der Waals surface area (Å²) in [6, 6.07) is 16.7. The average molecular weight is 239 g/mol. The van der Waals surface area contributed by atoms with E-state index in [0.29, 0.717) is 11.8 Å². The molecule has 1 aliphatic heterocycles. The van der Waals surface area contributed by atoms with Crippen LogP contribution in [0.4, 0.5) is 0 Å². The molecule has 0 fully saturated rings. The van der Waals surface area contributed by atoms with Crippen LogP contribution in [0.25, 0.3) is 0 Å². The molecule has 2 atom stereocenters. The van der Waals surface area contributed by atoms with Crippen LogP contribution >= 0.6 is 0 Å². The molecule has 1 aliphatic rings. The Kier molecular flexibility index (Phi) is 2.80. The van der Waals surface area contributed by atoms with Crippen molar-refractivity contribution in [1.29, 1.82) is 0 Å². The second-order valence-corrected chi connectivity index (χ2v) is 5.00. The Morgan fingerprint density at radius 3 is 2.67 bits per heavy atom. The van der Waals surface area contributed by atoms with Crippen molar-refractivity contribution in [2.45, 2.75) is 25.4 Å². The fourth-order valence-corrected chi connectivity index (χ4v) is 2.72. The minimum atomic E-state index is 0.178. The van der Waals surface area contributed by atoms with E-state index in [1.807, 2.05) is 18.2 Å². The molecule has 0 amide bonds. The van der Waals surface area contributed by atoms with Crippen molar-refractivity contribution < 1.29 is 5.11 Å². The molecule has 0 aromatic heterocycles. The van der Waals surface area contributed by atoms with Crippen molar-refractivity contribution >= 4 is 0 Å². The highest BCUT2D eigenvalue weighted by Gasteiger charge is 2.25. The molecule has 0 spiro atoms. The largest absolute Gasteiger partial charge is 0.508 e. The van der Waals surface area contributed by atoms with Gasteiger partial charge in [0.1, 0.15) is 5.75 Å². The van der Waals surface area contributed by atoms with Crippen LogP contribution in [0.3, 0.4) is 0 Å². The fourth-order valence-electron chi connectivity index (χ4n) is 2.72. The molecule has 18 heavy (non-hydrogen) atoms. The predicted octanol–water partition coefficient (Wildman–Crippen LogP) is 3.02. The van der Waals surface area contributed by atoms with Crippen LogP contribution in [0, 0.1) is 0 Å². The van der Waals surface area contributed by atoms with E-state index in [-0.39, 0.29) is 6.04 Å². The van der Waals surface area contributed by atoms with E-state index in [1.165, 1.54) is 16.7 Å². The van der Waals surface area contributed by atoms with E-state index >= 15 is 0 Å². The zero-order valence-electron chi connectivity index (χ0n) is 10.4. The van der Waals surface area contributed by atoms with Crippen LogP contribution in [-0.2, 0) is 6.42 Å². The summed E-state index contributed by atoms with van der Waals surface area (Å²) in [5, 5.41) is 13.3. The van der Waals surface area contributed by atoms with E-state index in [2.05, 4.69) is 36.5 Å². The first-order chi connectivity index (χ1) is 8.74. The second kappa shape index (κ2) is 4.46. The molecule has 0 saturated carbocycles. The Balaban J connectivity index is 2.09. The molecule has 2 nitrogen and oxygen atoms in total. The van der Waals surface area contributed by atoms with Gasteiger partial charge in [-0.3, -0.25) is 0 Å². The summed E-state index contributed by atoms with van der Waals surface area (Å²) in [5.41, 5.74) is 3.77. The summed E-state index contributed by atoms with van der Waals surface area (Å²) >= 11 is 0. The van der Waals surface area contributed by atoms with Crippen LogP contribution in [0.5, 0.6) is 5.75 Å². The lowest BCUT2D eigenvalue weighted by Crippen LogP contribution is -2.37. The molecule has 2 aromatic carbocycles. The third-order valence-electron chi connectivity index (χ3n) is 3.55. The molecule has 0 aliphatic carbocycles. The molecule has 2 unspecified atom stereocenters. The number of nitrogens with one attached hydrogen (secondary N) is 1. The van der Waals surface area contributed by atoms with Crippen LogP contribution < -0.4 is 5.32 Å². The zero-order chi connectivity index (χ0) is 12.5. The Morgan fingerprint density at radius 2 is 1.89 bits per heavy atom. The standard InChI is InChI=1S/C16H17NO/c1-11-9-13-7-8-14(18)10-15(13)16(17-11)12-5-3-2-4-6-12/h2-8,10-11,16-18H,9H2,1H3. The number of benzene rings is 2. The third-order valence-corrected chi connectivity index (χ3v) is 3.55. The summed E-state index contributed by atoms with van der Waals surface area (Å²) in [4.78, 5) is 0. The zero-order valence-corrected chi connectivity index (χ0v) is 10.4. The molecule has 2 heteroatoms. The first-order valence-electron chi connectivity index (χ1n) is 6.37. The molecule has 0 bridgehead atoms. The maximum absolute atomic E-state index is 9.69. The van der Waals surface area contributed by atoms with E-state index in [9.17, 15) is 5.11 Å². The highest BCUT2D eigenvalue weighted by molar-refractivity contribution is 5.43. The van der Waals surface area contributed by atoms with Gasteiger partial charge < -0.3 is 10.4 Å². The van der Waals surface area contributed by atoms with Crippen LogP contribution in [0.1, 0.15) is 29.7 Å². The number of phenolic OH excluding ortho intramolecular Hbond substituents is 1. The molecule has 2 aromatic rings. The van der Waals surface area contributed by atoms with E-state index < -0.39 is 0 Å². The first-order valence-corrected chi connectivity index (χ1v) is 6.37. The van der Waals surface area contributed by atoms with Gasteiger partial charge in [0.15, 0.2) is 0 Å². The normalized spacial score (nSPS) is 22.5. The van der Waals surface area contributed by atoms with Gasteiger partial charge in [0.25, 0.3) is 0 Å². The van der Waals surface area contributed by atoms with Gasteiger partial charge in [-0.1, -0.05) is 36.4 Å². The Hall–Kier alpha value is -1.80. The number of fused-ring (bicyclic) bond motifs is 1. The molecule has 1 heterocycles. The number of phenols is 1. The van der Waals surface area contributed by atoms with Crippen molar-refractivity contribution in [3.63, 3.8) is 0 Å². The van der Waals surface area contributed by atoms with E-state index in [0.717, 1.165) is 6.42 Å². The van der Waals surface area contributed by atoms with Gasteiger partial charge in [-0.15, -0.1) is 0 Å². The molecule has 92 valence electrons. The van der Waals surface area contributed by atoms with Gasteiger partial charge in [-0.25, -0.2) is 0 Å². The Labute approximate surface area is 107 Å². The van der Waals surface area contributed by atoms with Crippen molar-refractivity contribution in [1.82, 2.24) is 5.32 Å². The Morgan fingerprint density at radius 1 is 1.11 bits per heavy atom. The molecule has 3 rings (SSSR count). The van der Waals surface area contributed by atoms with Crippen molar-refractivity contribution in [3.8, 4) is 5.75 Å². The molecule has 0 radical (unpaired) electrons.